The molecule has 3 aromatic rings. The molecule has 190 valence electrons. The monoisotopic (exact) mass is 539 g/mol. The summed E-state index contributed by atoms with van der Waals surface area (Å²) in [6.45, 7) is 0. The number of thiophene rings is 1. The molecule has 36 heavy (non-hydrogen) atoms. The molecule has 8 nitrogen and oxygen atoms in total. The van der Waals surface area contributed by atoms with Crippen molar-refractivity contribution in [1.29, 1.82) is 0 Å². The number of carbonyl (C=O) groups is 2. The van der Waals surface area contributed by atoms with Gasteiger partial charge in [-0.1, -0.05) is 24.3 Å². The third-order valence-electron chi connectivity index (χ3n) is 5.69. The van der Waals surface area contributed by atoms with E-state index < -0.39 is 51.6 Å². The maximum atomic E-state index is 13.5. The molecule has 1 aliphatic rings. The molecule has 1 saturated heterocycles. The van der Waals surface area contributed by atoms with Gasteiger partial charge in [-0.15, -0.1) is 11.3 Å². The third-order valence-corrected chi connectivity index (χ3v) is 8.53. The van der Waals surface area contributed by atoms with Crippen molar-refractivity contribution >= 4 is 39.1 Å². The lowest BCUT2D eigenvalue weighted by Crippen LogP contribution is -2.55. The van der Waals surface area contributed by atoms with Gasteiger partial charge in [0, 0.05) is 34.6 Å². The number of carboxylic acids is 1. The highest BCUT2D eigenvalue weighted by molar-refractivity contribution is 7.87. The summed E-state index contributed by atoms with van der Waals surface area (Å²) in [5.41, 5.74) is 1.11. The van der Waals surface area contributed by atoms with Gasteiger partial charge in [-0.2, -0.15) is 17.4 Å². The number of amides is 1. The van der Waals surface area contributed by atoms with Crippen molar-refractivity contribution in [2.75, 3.05) is 12.4 Å². The number of likely N-dealkylation sites (N-methyl/N-ethyl adjacent to an activating group) is 1. The van der Waals surface area contributed by atoms with E-state index in [1.165, 1.54) is 18.4 Å². The SMILES string of the molecule is CN1C(C(=O)Nc2cc(F)c(F)c(F)c2)CC(c2ccc(-c3ccc(CC(=O)O)cc3)s2)NS1(=O)=O. The van der Waals surface area contributed by atoms with E-state index in [4.69, 9.17) is 5.11 Å². The summed E-state index contributed by atoms with van der Waals surface area (Å²) in [6, 6.07) is 9.69. The normalized spacial score (nSPS) is 19.7. The number of hydrogen-bond acceptors (Lipinski definition) is 5. The molecule has 1 fully saturated rings. The molecule has 2 atom stereocenters. The van der Waals surface area contributed by atoms with Gasteiger partial charge in [0.05, 0.1) is 12.5 Å². The number of halogens is 3. The van der Waals surface area contributed by atoms with E-state index in [1.807, 2.05) is 0 Å². The molecule has 0 saturated carbocycles. The van der Waals surface area contributed by atoms with Gasteiger partial charge < -0.3 is 10.4 Å². The average Bonchev–Trinajstić information content (AvgIpc) is 3.29. The fourth-order valence-corrected chi connectivity index (χ4v) is 6.22. The Morgan fingerprint density at radius 1 is 1.11 bits per heavy atom. The second-order valence-electron chi connectivity index (χ2n) is 8.16. The first-order valence-corrected chi connectivity index (χ1v) is 12.8. The van der Waals surface area contributed by atoms with Crippen molar-refractivity contribution in [1.82, 2.24) is 9.03 Å². The minimum Gasteiger partial charge on any atom is -0.481 e. The Labute approximate surface area is 208 Å². The lowest BCUT2D eigenvalue weighted by Gasteiger charge is -2.35. The first-order valence-electron chi connectivity index (χ1n) is 10.6. The molecule has 2 heterocycles. The molecule has 0 aliphatic carbocycles. The Morgan fingerprint density at radius 2 is 1.75 bits per heavy atom. The minimum absolute atomic E-state index is 0.0191. The number of carboxylic acid groups (broad SMARTS) is 1. The van der Waals surface area contributed by atoms with Crippen LogP contribution in [-0.4, -0.2) is 42.8 Å². The second-order valence-corrected chi connectivity index (χ2v) is 11.0. The highest BCUT2D eigenvalue weighted by atomic mass is 32.2. The fourth-order valence-electron chi connectivity index (χ4n) is 3.81. The van der Waals surface area contributed by atoms with Crippen LogP contribution in [0.25, 0.3) is 10.4 Å². The number of aliphatic carboxylic acids is 1. The largest absolute Gasteiger partial charge is 0.481 e. The van der Waals surface area contributed by atoms with E-state index >= 15 is 0 Å². The smallest absolute Gasteiger partial charge is 0.307 e. The van der Waals surface area contributed by atoms with Crippen LogP contribution in [0.15, 0.2) is 48.5 Å². The standard InChI is InChI=1S/C23H20F3N3O5S2/c1-29-18(23(32)27-14-9-15(24)22(26)16(25)10-14)11-17(28-36(29,33)34)20-7-6-19(35-20)13-4-2-12(3-5-13)8-21(30)31/h2-7,9-10,17-18,28H,8,11H2,1H3,(H,27,32)(H,30,31). The summed E-state index contributed by atoms with van der Waals surface area (Å²) in [7, 11) is -2.87. The van der Waals surface area contributed by atoms with Crippen molar-refractivity contribution in [3.05, 3.63) is 76.4 Å². The van der Waals surface area contributed by atoms with Gasteiger partial charge in [-0.05, 0) is 29.7 Å². The second kappa shape index (κ2) is 10.0. The Bertz CT molecular complexity index is 1400. The summed E-state index contributed by atoms with van der Waals surface area (Å²) >= 11 is 1.30. The van der Waals surface area contributed by atoms with Crippen LogP contribution in [0.4, 0.5) is 18.9 Å². The predicted molar refractivity (Wildman–Crippen MR) is 127 cm³/mol. The van der Waals surface area contributed by atoms with E-state index in [-0.39, 0.29) is 18.5 Å². The lowest BCUT2D eigenvalue weighted by atomic mass is 10.0. The van der Waals surface area contributed by atoms with Gasteiger partial charge >= 0.3 is 5.97 Å². The molecule has 0 bridgehead atoms. The maximum absolute atomic E-state index is 13.5. The number of nitrogens with zero attached hydrogens (tertiary/aromatic N) is 1. The number of nitrogens with one attached hydrogen (secondary N) is 2. The van der Waals surface area contributed by atoms with E-state index in [0.717, 1.165) is 14.7 Å². The van der Waals surface area contributed by atoms with Crippen LogP contribution in [0.3, 0.4) is 0 Å². The minimum atomic E-state index is -4.08. The van der Waals surface area contributed by atoms with Crippen LogP contribution in [0.1, 0.15) is 22.9 Å². The molecular weight excluding hydrogens is 519 g/mol. The Hall–Kier alpha value is -3.26. The topological polar surface area (TPSA) is 116 Å². The zero-order valence-electron chi connectivity index (χ0n) is 18.7. The highest BCUT2D eigenvalue weighted by Crippen LogP contribution is 2.36. The number of rotatable bonds is 6. The molecule has 1 aromatic heterocycles. The first-order chi connectivity index (χ1) is 16.9. The summed E-state index contributed by atoms with van der Waals surface area (Å²) in [5, 5.41) is 11.2. The zero-order valence-corrected chi connectivity index (χ0v) is 20.3. The molecule has 1 aliphatic heterocycles. The van der Waals surface area contributed by atoms with E-state index in [2.05, 4.69) is 10.0 Å². The summed E-state index contributed by atoms with van der Waals surface area (Å²) in [4.78, 5) is 25.2. The van der Waals surface area contributed by atoms with Crippen LogP contribution in [0.2, 0.25) is 0 Å². The summed E-state index contributed by atoms with van der Waals surface area (Å²) < 4.78 is 69.0. The van der Waals surface area contributed by atoms with Crippen LogP contribution < -0.4 is 10.0 Å². The Balaban J connectivity index is 1.54. The average molecular weight is 540 g/mol. The van der Waals surface area contributed by atoms with Crippen LogP contribution in [0.5, 0.6) is 0 Å². The number of benzene rings is 2. The summed E-state index contributed by atoms with van der Waals surface area (Å²) in [6.07, 6.45) is -0.0841. The quantitative estimate of drug-likeness (QED) is 0.414. The van der Waals surface area contributed by atoms with Crippen molar-refractivity contribution in [2.24, 2.45) is 0 Å². The van der Waals surface area contributed by atoms with Crippen molar-refractivity contribution in [3.63, 3.8) is 0 Å². The summed E-state index contributed by atoms with van der Waals surface area (Å²) in [5.74, 6) is -6.43. The maximum Gasteiger partial charge on any atom is 0.307 e. The molecule has 1 amide bonds. The fraction of sp³-hybridized carbons (Fsp3) is 0.217. The molecule has 2 aromatic carbocycles. The van der Waals surface area contributed by atoms with Crippen LogP contribution in [-0.2, 0) is 26.2 Å². The molecule has 13 heteroatoms. The van der Waals surface area contributed by atoms with Gasteiger partial charge in [-0.25, -0.2) is 13.2 Å². The molecule has 2 unspecified atom stereocenters. The highest BCUT2D eigenvalue weighted by Gasteiger charge is 2.41. The molecule has 0 spiro atoms. The molecule has 4 rings (SSSR count). The van der Waals surface area contributed by atoms with Gasteiger partial charge in [0.15, 0.2) is 17.5 Å². The van der Waals surface area contributed by atoms with Crippen molar-refractivity contribution in [3.8, 4) is 10.4 Å². The van der Waals surface area contributed by atoms with Gasteiger partial charge in [-0.3, -0.25) is 9.59 Å². The number of carbonyl (C=O) groups excluding carboxylic acids is 1. The predicted octanol–water partition coefficient (Wildman–Crippen LogP) is 3.68. The van der Waals surface area contributed by atoms with E-state index in [1.54, 1.807) is 36.4 Å². The van der Waals surface area contributed by atoms with Crippen LogP contribution in [0, 0.1) is 17.5 Å². The van der Waals surface area contributed by atoms with Crippen molar-refractivity contribution < 1.29 is 36.3 Å². The molecule has 3 N–H and O–H groups in total. The van der Waals surface area contributed by atoms with E-state index in [9.17, 15) is 31.2 Å². The van der Waals surface area contributed by atoms with Gasteiger partial charge in [0.25, 0.3) is 10.2 Å². The zero-order chi connectivity index (χ0) is 26.2. The third kappa shape index (κ3) is 5.43. The van der Waals surface area contributed by atoms with Crippen LogP contribution >= 0.6 is 11.3 Å². The van der Waals surface area contributed by atoms with Gasteiger partial charge in [0.1, 0.15) is 6.04 Å². The first kappa shape index (κ1) is 25.8. The Morgan fingerprint density at radius 3 is 2.36 bits per heavy atom. The van der Waals surface area contributed by atoms with E-state index in [0.29, 0.717) is 22.6 Å². The molecular formula is C23H20F3N3O5S2. The van der Waals surface area contributed by atoms with Crippen molar-refractivity contribution in [2.45, 2.75) is 24.9 Å². The van der Waals surface area contributed by atoms with Gasteiger partial charge in [0.2, 0.25) is 5.91 Å². The Kier molecular flexibility index (Phi) is 7.18. The number of hydrogen-bond donors (Lipinski definition) is 3. The lowest BCUT2D eigenvalue weighted by molar-refractivity contribution is -0.136. The molecule has 0 radical (unpaired) electrons. The number of anilines is 1.